The quantitative estimate of drug-likeness (QED) is 0.669. The van der Waals surface area contributed by atoms with Gasteiger partial charge in [0.1, 0.15) is 5.60 Å². The third kappa shape index (κ3) is 5.34. The number of aliphatic hydroxyl groups excluding tert-OH is 1. The highest BCUT2D eigenvalue weighted by Crippen LogP contribution is 2.05. The van der Waals surface area contributed by atoms with Crippen molar-refractivity contribution in [3.8, 4) is 6.07 Å². The monoisotopic (exact) mass is 260 g/mol. The Labute approximate surface area is 111 Å². The first-order valence-corrected chi connectivity index (χ1v) is 5.76. The van der Waals surface area contributed by atoms with Gasteiger partial charge in [0.2, 0.25) is 5.91 Å². The van der Waals surface area contributed by atoms with Crippen molar-refractivity contribution in [1.82, 2.24) is 5.32 Å². The van der Waals surface area contributed by atoms with E-state index >= 15 is 0 Å². The summed E-state index contributed by atoms with van der Waals surface area (Å²) in [5.74, 6) is -0.363. The van der Waals surface area contributed by atoms with Crippen molar-refractivity contribution in [2.24, 2.45) is 0 Å². The average Bonchev–Trinajstić information content (AvgIpc) is 2.43. The van der Waals surface area contributed by atoms with Crippen molar-refractivity contribution in [3.63, 3.8) is 0 Å². The van der Waals surface area contributed by atoms with Crippen LogP contribution in [0.25, 0.3) is 6.08 Å². The van der Waals surface area contributed by atoms with Gasteiger partial charge in [0.05, 0.1) is 18.2 Å². The van der Waals surface area contributed by atoms with Crippen LogP contribution in [0.4, 0.5) is 0 Å². The summed E-state index contributed by atoms with van der Waals surface area (Å²) in [6.07, 6.45) is 2.93. The van der Waals surface area contributed by atoms with E-state index in [1.807, 2.05) is 6.07 Å². The Morgan fingerprint density at radius 3 is 2.63 bits per heavy atom. The maximum atomic E-state index is 11.5. The molecular weight excluding hydrogens is 244 g/mol. The molecule has 5 nitrogen and oxygen atoms in total. The number of hydrogen-bond acceptors (Lipinski definition) is 4. The second kappa shape index (κ2) is 6.69. The van der Waals surface area contributed by atoms with Crippen molar-refractivity contribution in [2.75, 3.05) is 13.2 Å². The summed E-state index contributed by atoms with van der Waals surface area (Å²) in [6, 6.07) is 8.79. The van der Waals surface area contributed by atoms with Crippen LogP contribution in [0.5, 0.6) is 0 Å². The van der Waals surface area contributed by atoms with Gasteiger partial charge < -0.3 is 15.5 Å². The molecule has 1 aromatic carbocycles. The molecule has 0 spiro atoms. The Morgan fingerprint density at radius 1 is 1.47 bits per heavy atom. The van der Waals surface area contributed by atoms with Gasteiger partial charge in [0.25, 0.3) is 0 Å². The van der Waals surface area contributed by atoms with Gasteiger partial charge in [0.15, 0.2) is 0 Å². The van der Waals surface area contributed by atoms with E-state index in [9.17, 15) is 9.90 Å². The number of nitriles is 1. The maximum absolute atomic E-state index is 11.5. The van der Waals surface area contributed by atoms with Crippen molar-refractivity contribution in [3.05, 3.63) is 41.5 Å². The second-order valence-electron chi connectivity index (χ2n) is 4.44. The fourth-order valence-electron chi connectivity index (χ4n) is 1.23. The van der Waals surface area contributed by atoms with Crippen LogP contribution in [0.1, 0.15) is 18.1 Å². The third-order valence-corrected chi connectivity index (χ3v) is 2.45. The van der Waals surface area contributed by atoms with Crippen LogP contribution in [-0.2, 0) is 4.79 Å². The van der Waals surface area contributed by atoms with E-state index < -0.39 is 12.2 Å². The Hall–Kier alpha value is -2.16. The molecule has 0 aliphatic carbocycles. The zero-order valence-corrected chi connectivity index (χ0v) is 10.6. The minimum atomic E-state index is -1.32. The lowest BCUT2D eigenvalue weighted by atomic mass is 10.1. The van der Waals surface area contributed by atoms with Crippen LogP contribution >= 0.6 is 0 Å². The maximum Gasteiger partial charge on any atom is 0.244 e. The normalized spacial score (nSPS) is 13.8. The number of hydrogen-bond donors (Lipinski definition) is 3. The topological polar surface area (TPSA) is 93.3 Å². The minimum absolute atomic E-state index is 0.0277. The van der Waals surface area contributed by atoms with Crippen molar-refractivity contribution in [2.45, 2.75) is 12.5 Å². The van der Waals surface area contributed by atoms with Gasteiger partial charge in [-0.05, 0) is 30.7 Å². The molecule has 1 unspecified atom stereocenters. The van der Waals surface area contributed by atoms with E-state index in [0.29, 0.717) is 5.56 Å². The number of benzene rings is 1. The van der Waals surface area contributed by atoms with Crippen LogP contribution in [0.15, 0.2) is 30.3 Å². The van der Waals surface area contributed by atoms with Gasteiger partial charge in [0, 0.05) is 12.6 Å². The Kier molecular flexibility index (Phi) is 5.24. The van der Waals surface area contributed by atoms with E-state index in [0.717, 1.165) is 5.56 Å². The average molecular weight is 260 g/mol. The summed E-state index contributed by atoms with van der Waals surface area (Å²) < 4.78 is 0. The minimum Gasteiger partial charge on any atom is -0.393 e. The molecule has 0 aliphatic heterocycles. The SMILES string of the molecule is CC(O)(CO)CNC(=O)C=Cc1ccc(C#N)cc1. The molecule has 1 rings (SSSR count). The molecule has 1 amide bonds. The van der Waals surface area contributed by atoms with E-state index in [1.54, 1.807) is 30.3 Å². The van der Waals surface area contributed by atoms with E-state index in [-0.39, 0.29) is 12.5 Å². The van der Waals surface area contributed by atoms with Crippen LogP contribution in [-0.4, -0.2) is 34.9 Å². The molecule has 0 saturated heterocycles. The molecule has 1 aromatic rings. The fourth-order valence-corrected chi connectivity index (χ4v) is 1.23. The lowest BCUT2D eigenvalue weighted by Crippen LogP contribution is -2.42. The van der Waals surface area contributed by atoms with Crippen LogP contribution in [0, 0.1) is 11.3 Å². The third-order valence-electron chi connectivity index (χ3n) is 2.45. The second-order valence-corrected chi connectivity index (χ2v) is 4.44. The molecule has 0 radical (unpaired) electrons. The molecule has 100 valence electrons. The van der Waals surface area contributed by atoms with Gasteiger partial charge in [-0.1, -0.05) is 12.1 Å². The molecule has 0 saturated carbocycles. The number of rotatable bonds is 5. The fraction of sp³-hybridized carbons (Fsp3) is 0.286. The number of carbonyl (C=O) groups is 1. The number of aliphatic hydroxyl groups is 2. The highest BCUT2D eigenvalue weighted by molar-refractivity contribution is 5.91. The molecule has 1 atom stereocenters. The summed E-state index contributed by atoms with van der Waals surface area (Å²) in [6.45, 7) is 0.976. The predicted octanol–water partition coefficient (Wildman–Crippen LogP) is 0.431. The lowest BCUT2D eigenvalue weighted by molar-refractivity contribution is -0.117. The van der Waals surface area contributed by atoms with Crippen molar-refractivity contribution < 1.29 is 15.0 Å². The first-order valence-electron chi connectivity index (χ1n) is 5.76. The van der Waals surface area contributed by atoms with Crippen LogP contribution in [0.2, 0.25) is 0 Å². The molecule has 0 aromatic heterocycles. The molecular formula is C14H16N2O3. The van der Waals surface area contributed by atoms with E-state index in [4.69, 9.17) is 10.4 Å². The van der Waals surface area contributed by atoms with Crippen molar-refractivity contribution in [1.29, 1.82) is 5.26 Å². The molecule has 0 heterocycles. The standard InChI is InChI=1S/C14H16N2O3/c1-14(19,10-17)9-16-13(18)7-6-11-2-4-12(8-15)5-3-11/h2-7,17,19H,9-10H2,1H3,(H,16,18). The number of nitrogens with one attached hydrogen (secondary N) is 1. The zero-order chi connectivity index (χ0) is 14.3. The molecule has 3 N–H and O–H groups in total. The zero-order valence-electron chi connectivity index (χ0n) is 10.6. The molecule has 0 aliphatic rings. The van der Waals surface area contributed by atoms with E-state index in [1.165, 1.54) is 13.0 Å². The Morgan fingerprint density at radius 2 is 2.11 bits per heavy atom. The predicted molar refractivity (Wildman–Crippen MR) is 70.9 cm³/mol. The Balaban J connectivity index is 2.52. The van der Waals surface area contributed by atoms with Gasteiger partial charge in [-0.15, -0.1) is 0 Å². The molecule has 0 fully saturated rings. The molecule has 5 heteroatoms. The number of amides is 1. The lowest BCUT2D eigenvalue weighted by Gasteiger charge is -2.19. The molecule has 19 heavy (non-hydrogen) atoms. The summed E-state index contributed by atoms with van der Waals surface area (Å²) in [5.41, 5.74) is 0.0291. The summed E-state index contributed by atoms with van der Waals surface area (Å²) in [4.78, 5) is 11.5. The van der Waals surface area contributed by atoms with Crippen molar-refractivity contribution >= 4 is 12.0 Å². The van der Waals surface area contributed by atoms with E-state index in [2.05, 4.69) is 5.32 Å². The largest absolute Gasteiger partial charge is 0.393 e. The van der Waals surface area contributed by atoms with Crippen LogP contribution in [0.3, 0.4) is 0 Å². The number of carbonyl (C=O) groups excluding carboxylic acids is 1. The Bertz CT molecular complexity index is 498. The highest BCUT2D eigenvalue weighted by atomic mass is 16.3. The first kappa shape index (κ1) is 14.9. The van der Waals surface area contributed by atoms with Gasteiger partial charge >= 0.3 is 0 Å². The smallest absolute Gasteiger partial charge is 0.244 e. The van der Waals surface area contributed by atoms with Gasteiger partial charge in [-0.3, -0.25) is 4.79 Å². The van der Waals surface area contributed by atoms with Gasteiger partial charge in [-0.25, -0.2) is 0 Å². The summed E-state index contributed by atoms with van der Waals surface area (Å²) in [7, 11) is 0. The van der Waals surface area contributed by atoms with Crippen LogP contribution < -0.4 is 5.32 Å². The first-order chi connectivity index (χ1) is 8.96. The number of nitrogens with zero attached hydrogens (tertiary/aromatic N) is 1. The molecule has 0 bridgehead atoms. The summed E-state index contributed by atoms with van der Waals surface area (Å²) >= 11 is 0. The highest BCUT2D eigenvalue weighted by Gasteiger charge is 2.18. The summed E-state index contributed by atoms with van der Waals surface area (Å²) in [5, 5.41) is 29.4. The van der Waals surface area contributed by atoms with Gasteiger partial charge in [-0.2, -0.15) is 5.26 Å².